The summed E-state index contributed by atoms with van der Waals surface area (Å²) in [5.74, 6) is -0.275. The third kappa shape index (κ3) is 3.79. The molecule has 0 bridgehead atoms. The number of nitrogens with one attached hydrogen (secondary N) is 1. The standard InChI is InChI=1S/C22H19FN2O5S/c1-13-4-7-19-17(10-13)25(2)22(26)16-12-15(6-9-18(16)30-19)24-31(27,28)21-11-14(23)5-8-20(21)29-3/h4-12,24H,1-3H3. The summed E-state index contributed by atoms with van der Waals surface area (Å²) in [7, 11) is -1.28. The highest BCUT2D eigenvalue weighted by molar-refractivity contribution is 7.92. The minimum atomic E-state index is -4.19. The Labute approximate surface area is 179 Å². The number of nitrogens with zero attached hydrogens (tertiary/aromatic N) is 1. The number of sulfonamides is 1. The summed E-state index contributed by atoms with van der Waals surface area (Å²) in [6.07, 6.45) is 0. The number of benzene rings is 3. The van der Waals surface area contributed by atoms with E-state index in [1.165, 1.54) is 36.3 Å². The van der Waals surface area contributed by atoms with Crippen LogP contribution < -0.4 is 19.1 Å². The molecule has 0 atom stereocenters. The van der Waals surface area contributed by atoms with Gasteiger partial charge in [0.1, 0.15) is 22.2 Å². The maximum absolute atomic E-state index is 13.7. The fourth-order valence-corrected chi connectivity index (χ4v) is 4.54. The maximum atomic E-state index is 13.7. The van der Waals surface area contributed by atoms with Crippen molar-refractivity contribution in [3.05, 3.63) is 71.5 Å². The second kappa shape index (κ2) is 7.59. The lowest BCUT2D eigenvalue weighted by Gasteiger charge is -2.17. The number of carbonyl (C=O) groups is 1. The van der Waals surface area contributed by atoms with Crippen LogP contribution in [0.15, 0.2) is 59.5 Å². The number of hydrogen-bond acceptors (Lipinski definition) is 5. The SMILES string of the molecule is COc1ccc(F)cc1S(=O)(=O)Nc1ccc2c(c1)C(=O)N(C)c1cc(C)ccc1O2. The van der Waals surface area contributed by atoms with Gasteiger partial charge < -0.3 is 14.4 Å². The number of rotatable bonds is 4. The van der Waals surface area contributed by atoms with E-state index >= 15 is 0 Å². The van der Waals surface area contributed by atoms with Crippen molar-refractivity contribution in [2.24, 2.45) is 0 Å². The molecule has 7 nitrogen and oxygen atoms in total. The predicted molar refractivity (Wildman–Crippen MR) is 114 cm³/mol. The Morgan fingerprint density at radius 3 is 2.52 bits per heavy atom. The van der Waals surface area contributed by atoms with Crippen LogP contribution in [0.4, 0.5) is 15.8 Å². The monoisotopic (exact) mass is 442 g/mol. The van der Waals surface area contributed by atoms with Crippen molar-refractivity contribution >= 4 is 27.3 Å². The zero-order valence-electron chi connectivity index (χ0n) is 17.0. The van der Waals surface area contributed by atoms with Crippen molar-refractivity contribution in [3.8, 4) is 17.2 Å². The number of amides is 1. The number of aryl methyl sites for hydroxylation is 1. The van der Waals surface area contributed by atoms with Crippen molar-refractivity contribution in [2.45, 2.75) is 11.8 Å². The fourth-order valence-electron chi connectivity index (χ4n) is 3.30. The number of halogens is 1. The van der Waals surface area contributed by atoms with Gasteiger partial charge in [0.2, 0.25) is 0 Å². The molecule has 1 heterocycles. The first kappa shape index (κ1) is 20.7. The lowest BCUT2D eigenvalue weighted by molar-refractivity contribution is 0.0993. The number of methoxy groups -OCH3 is 1. The molecule has 3 aromatic rings. The van der Waals surface area contributed by atoms with Crippen molar-refractivity contribution in [1.82, 2.24) is 0 Å². The molecule has 1 aliphatic heterocycles. The molecule has 4 rings (SSSR count). The lowest BCUT2D eigenvalue weighted by Crippen LogP contribution is -2.25. The Hall–Kier alpha value is -3.59. The minimum Gasteiger partial charge on any atom is -0.495 e. The van der Waals surface area contributed by atoms with Gasteiger partial charge in [-0.25, -0.2) is 12.8 Å². The number of ether oxygens (including phenoxy) is 2. The summed E-state index contributed by atoms with van der Waals surface area (Å²) >= 11 is 0. The van der Waals surface area contributed by atoms with Crippen LogP contribution in [0.5, 0.6) is 17.2 Å². The Morgan fingerprint density at radius 2 is 1.77 bits per heavy atom. The second-order valence-electron chi connectivity index (χ2n) is 7.05. The number of fused-ring (bicyclic) bond motifs is 2. The summed E-state index contributed by atoms with van der Waals surface area (Å²) in [5.41, 5.74) is 1.87. The van der Waals surface area contributed by atoms with Gasteiger partial charge in [-0.3, -0.25) is 9.52 Å². The average Bonchev–Trinajstić information content (AvgIpc) is 2.83. The number of hydrogen-bond donors (Lipinski definition) is 1. The molecule has 9 heteroatoms. The van der Waals surface area contributed by atoms with Gasteiger partial charge in [-0.2, -0.15) is 0 Å². The Morgan fingerprint density at radius 1 is 1.03 bits per heavy atom. The molecule has 0 aliphatic carbocycles. The second-order valence-corrected chi connectivity index (χ2v) is 8.70. The minimum absolute atomic E-state index is 0.00591. The van der Waals surface area contributed by atoms with Crippen molar-refractivity contribution in [2.75, 3.05) is 23.8 Å². The van der Waals surface area contributed by atoms with Crippen LogP contribution in [0.1, 0.15) is 15.9 Å². The first-order chi connectivity index (χ1) is 14.7. The van der Waals surface area contributed by atoms with E-state index in [0.29, 0.717) is 17.2 Å². The molecule has 0 saturated carbocycles. The van der Waals surface area contributed by atoms with Crippen LogP contribution in [0.3, 0.4) is 0 Å². The summed E-state index contributed by atoms with van der Waals surface area (Å²) in [5, 5.41) is 0. The summed E-state index contributed by atoms with van der Waals surface area (Å²) in [6.45, 7) is 1.91. The van der Waals surface area contributed by atoms with E-state index in [1.807, 2.05) is 19.1 Å². The predicted octanol–water partition coefficient (Wildman–Crippen LogP) is 4.33. The summed E-state index contributed by atoms with van der Waals surface area (Å²) in [4.78, 5) is 14.1. The third-order valence-corrected chi connectivity index (χ3v) is 6.28. The third-order valence-electron chi connectivity index (χ3n) is 4.88. The Kier molecular flexibility index (Phi) is 5.06. The molecule has 160 valence electrons. The van der Waals surface area contributed by atoms with Crippen LogP contribution >= 0.6 is 0 Å². The van der Waals surface area contributed by atoms with E-state index in [4.69, 9.17) is 9.47 Å². The first-order valence-electron chi connectivity index (χ1n) is 9.26. The van der Waals surface area contributed by atoms with Gasteiger partial charge >= 0.3 is 0 Å². The molecule has 0 radical (unpaired) electrons. The number of carbonyl (C=O) groups excluding carboxylic acids is 1. The normalized spacial score (nSPS) is 13.0. The van der Waals surface area contributed by atoms with Crippen LogP contribution in [-0.4, -0.2) is 28.5 Å². The fraction of sp³-hybridized carbons (Fsp3) is 0.136. The first-order valence-corrected chi connectivity index (χ1v) is 10.7. The van der Waals surface area contributed by atoms with Gasteiger partial charge in [-0.15, -0.1) is 0 Å². The molecular formula is C22H19FN2O5S. The zero-order chi connectivity index (χ0) is 22.3. The van der Waals surface area contributed by atoms with Crippen LogP contribution in [0, 0.1) is 12.7 Å². The van der Waals surface area contributed by atoms with Crippen molar-refractivity contribution in [3.63, 3.8) is 0 Å². The van der Waals surface area contributed by atoms with E-state index in [9.17, 15) is 17.6 Å². The molecular weight excluding hydrogens is 423 g/mol. The van der Waals surface area contributed by atoms with Gasteiger partial charge in [0.05, 0.1) is 18.4 Å². The molecule has 0 fully saturated rings. The van der Waals surface area contributed by atoms with E-state index in [2.05, 4.69) is 4.72 Å². The summed E-state index contributed by atoms with van der Waals surface area (Å²) in [6, 6.07) is 13.0. The lowest BCUT2D eigenvalue weighted by atomic mass is 10.1. The Bertz CT molecular complexity index is 1310. The van der Waals surface area contributed by atoms with Crippen molar-refractivity contribution in [1.29, 1.82) is 0 Å². The number of anilines is 2. The highest BCUT2D eigenvalue weighted by Crippen LogP contribution is 2.40. The maximum Gasteiger partial charge on any atom is 0.265 e. The van der Waals surface area contributed by atoms with E-state index in [-0.39, 0.29) is 27.8 Å². The van der Waals surface area contributed by atoms with Gasteiger partial charge in [-0.1, -0.05) is 6.07 Å². The largest absolute Gasteiger partial charge is 0.495 e. The highest BCUT2D eigenvalue weighted by atomic mass is 32.2. The molecule has 0 saturated heterocycles. The van der Waals surface area contributed by atoms with Gasteiger partial charge in [0, 0.05) is 12.7 Å². The average molecular weight is 442 g/mol. The smallest absolute Gasteiger partial charge is 0.265 e. The molecule has 3 aromatic carbocycles. The van der Waals surface area contributed by atoms with Gasteiger partial charge in [0.15, 0.2) is 5.75 Å². The molecule has 0 spiro atoms. The van der Waals surface area contributed by atoms with E-state index in [0.717, 1.165) is 17.7 Å². The van der Waals surface area contributed by atoms with Crippen molar-refractivity contribution < 1.29 is 27.1 Å². The highest BCUT2D eigenvalue weighted by Gasteiger charge is 2.27. The Balaban J connectivity index is 1.72. The van der Waals surface area contributed by atoms with Gasteiger partial charge in [0.25, 0.3) is 15.9 Å². The molecule has 0 unspecified atom stereocenters. The van der Waals surface area contributed by atoms with E-state index < -0.39 is 15.8 Å². The van der Waals surface area contributed by atoms with E-state index in [1.54, 1.807) is 13.1 Å². The van der Waals surface area contributed by atoms with Crippen LogP contribution in [0.2, 0.25) is 0 Å². The van der Waals surface area contributed by atoms with Gasteiger partial charge in [-0.05, 0) is 61.0 Å². The zero-order valence-corrected chi connectivity index (χ0v) is 17.8. The quantitative estimate of drug-likeness (QED) is 0.650. The van der Waals surface area contributed by atoms with Crippen LogP contribution in [-0.2, 0) is 10.0 Å². The topological polar surface area (TPSA) is 84.9 Å². The molecule has 1 amide bonds. The van der Waals surface area contributed by atoms with Crippen LogP contribution in [0.25, 0.3) is 0 Å². The molecule has 31 heavy (non-hydrogen) atoms. The summed E-state index contributed by atoms with van der Waals surface area (Å²) < 4.78 is 52.7. The molecule has 0 aromatic heterocycles. The molecule has 1 aliphatic rings. The molecule has 1 N–H and O–H groups in total.